The molecular formula is C23H20Cl2F4N2O5. The average molecular weight is 551 g/mol. The Bertz CT molecular complexity index is 1200. The SMILES string of the molecule is CCN1OC[C@@H](NC(=O)c2ccc(C(=O)CC(O)(c3cc(Cl)c(F)c(Cl)c3)C(F)(F)F)cc2C)C1=O. The highest BCUT2D eigenvalue weighted by molar-refractivity contribution is 6.35. The topological polar surface area (TPSA) is 95.9 Å². The molecule has 2 aromatic rings. The summed E-state index contributed by atoms with van der Waals surface area (Å²) in [5.74, 6) is -3.35. The molecule has 0 aromatic heterocycles. The van der Waals surface area contributed by atoms with Crippen LogP contribution in [0.2, 0.25) is 10.0 Å². The highest BCUT2D eigenvalue weighted by Gasteiger charge is 2.56. The van der Waals surface area contributed by atoms with Gasteiger partial charge in [0.15, 0.2) is 17.2 Å². The largest absolute Gasteiger partial charge is 0.421 e. The maximum absolute atomic E-state index is 13.9. The molecule has 2 aromatic carbocycles. The molecular weight excluding hydrogens is 531 g/mol. The summed E-state index contributed by atoms with van der Waals surface area (Å²) in [4.78, 5) is 42.6. The Balaban J connectivity index is 1.84. The van der Waals surface area contributed by atoms with Gasteiger partial charge in [0.1, 0.15) is 12.6 Å². The Labute approximate surface area is 212 Å². The van der Waals surface area contributed by atoms with Crippen LogP contribution in [-0.4, -0.2) is 53.1 Å². The van der Waals surface area contributed by atoms with Gasteiger partial charge < -0.3 is 10.4 Å². The van der Waals surface area contributed by atoms with Gasteiger partial charge in [-0.1, -0.05) is 29.3 Å². The molecule has 194 valence electrons. The average Bonchev–Trinajstić information content (AvgIpc) is 3.14. The second-order valence-corrected chi connectivity index (χ2v) is 8.91. The van der Waals surface area contributed by atoms with Crippen LogP contribution in [0.4, 0.5) is 17.6 Å². The number of aliphatic hydroxyl groups is 1. The molecule has 0 saturated carbocycles. The van der Waals surface area contributed by atoms with Gasteiger partial charge in [0, 0.05) is 17.7 Å². The monoisotopic (exact) mass is 550 g/mol. The normalized spacial score (nSPS) is 17.8. The lowest BCUT2D eigenvalue weighted by Crippen LogP contribution is -2.44. The summed E-state index contributed by atoms with van der Waals surface area (Å²) in [6.45, 7) is 3.39. The highest BCUT2D eigenvalue weighted by atomic mass is 35.5. The van der Waals surface area contributed by atoms with Crippen LogP contribution < -0.4 is 5.32 Å². The van der Waals surface area contributed by atoms with Crippen LogP contribution in [0.5, 0.6) is 0 Å². The van der Waals surface area contributed by atoms with Crippen LogP contribution in [0.1, 0.15) is 45.2 Å². The molecule has 1 aliphatic rings. The summed E-state index contributed by atoms with van der Waals surface area (Å²) in [7, 11) is 0. The first-order valence-corrected chi connectivity index (χ1v) is 11.3. The van der Waals surface area contributed by atoms with Crippen LogP contribution >= 0.6 is 23.2 Å². The molecule has 13 heteroatoms. The Morgan fingerprint density at radius 2 is 1.81 bits per heavy atom. The number of halogens is 6. The van der Waals surface area contributed by atoms with Crippen molar-refractivity contribution in [3.05, 3.63) is 68.4 Å². The number of hydroxylamine groups is 2. The third-order valence-corrected chi connectivity index (χ3v) is 6.22. The van der Waals surface area contributed by atoms with Crippen molar-refractivity contribution in [2.75, 3.05) is 13.2 Å². The first-order chi connectivity index (χ1) is 16.7. The van der Waals surface area contributed by atoms with Crippen molar-refractivity contribution in [3.8, 4) is 0 Å². The zero-order valence-corrected chi connectivity index (χ0v) is 20.4. The second-order valence-electron chi connectivity index (χ2n) is 8.10. The fourth-order valence-corrected chi connectivity index (χ4v) is 4.13. The zero-order valence-electron chi connectivity index (χ0n) is 18.9. The number of aryl methyl sites for hydroxylation is 1. The van der Waals surface area contributed by atoms with E-state index >= 15 is 0 Å². The van der Waals surface area contributed by atoms with E-state index in [0.717, 1.165) is 11.1 Å². The van der Waals surface area contributed by atoms with Gasteiger partial charge in [0.2, 0.25) is 0 Å². The predicted octanol–water partition coefficient (Wildman–Crippen LogP) is 4.36. The van der Waals surface area contributed by atoms with Crippen LogP contribution in [0, 0.1) is 12.7 Å². The summed E-state index contributed by atoms with van der Waals surface area (Å²) < 4.78 is 55.3. The quantitative estimate of drug-likeness (QED) is 0.303. The van der Waals surface area contributed by atoms with Crippen LogP contribution in [0.3, 0.4) is 0 Å². The predicted molar refractivity (Wildman–Crippen MR) is 121 cm³/mol. The molecule has 1 fully saturated rings. The Morgan fingerprint density at radius 3 is 2.31 bits per heavy atom. The summed E-state index contributed by atoms with van der Waals surface area (Å²) in [5.41, 5.74) is -4.53. The number of carbonyl (C=O) groups excluding carboxylic acids is 3. The van der Waals surface area contributed by atoms with E-state index in [4.69, 9.17) is 28.0 Å². The first kappa shape index (κ1) is 27.9. The lowest BCUT2D eigenvalue weighted by atomic mass is 9.85. The molecule has 0 radical (unpaired) electrons. The number of amides is 2. The van der Waals surface area contributed by atoms with Crippen molar-refractivity contribution < 1.29 is 41.9 Å². The summed E-state index contributed by atoms with van der Waals surface area (Å²) in [5, 5.41) is 12.6. The molecule has 0 bridgehead atoms. The van der Waals surface area contributed by atoms with Crippen molar-refractivity contribution in [1.29, 1.82) is 0 Å². The number of carbonyl (C=O) groups is 3. The van der Waals surface area contributed by atoms with Crippen molar-refractivity contribution >= 4 is 40.8 Å². The van der Waals surface area contributed by atoms with Gasteiger partial charge in [0.05, 0.1) is 16.5 Å². The van der Waals surface area contributed by atoms with E-state index in [1.165, 1.54) is 19.1 Å². The van der Waals surface area contributed by atoms with Gasteiger partial charge in [-0.15, -0.1) is 0 Å². The minimum Gasteiger partial charge on any atom is -0.376 e. The zero-order chi connectivity index (χ0) is 27.0. The fraction of sp³-hybridized carbons (Fsp3) is 0.348. The Kier molecular flexibility index (Phi) is 7.99. The number of hydrogen-bond donors (Lipinski definition) is 2. The van der Waals surface area contributed by atoms with Gasteiger partial charge in [-0.25, -0.2) is 9.45 Å². The number of nitrogens with zero attached hydrogens (tertiary/aromatic N) is 1. The molecule has 1 aliphatic heterocycles. The maximum atomic E-state index is 13.9. The van der Waals surface area contributed by atoms with E-state index in [9.17, 15) is 37.1 Å². The highest BCUT2D eigenvalue weighted by Crippen LogP contribution is 2.44. The first-order valence-electron chi connectivity index (χ1n) is 10.5. The molecule has 2 N–H and O–H groups in total. The van der Waals surface area contributed by atoms with Crippen LogP contribution in [-0.2, 0) is 15.2 Å². The minimum atomic E-state index is -5.34. The van der Waals surface area contributed by atoms with Gasteiger partial charge in [-0.3, -0.25) is 19.2 Å². The lowest BCUT2D eigenvalue weighted by Gasteiger charge is -2.31. The molecule has 7 nitrogen and oxygen atoms in total. The Morgan fingerprint density at radius 1 is 1.19 bits per heavy atom. The molecule has 0 spiro atoms. The van der Waals surface area contributed by atoms with Crippen molar-refractivity contribution in [1.82, 2.24) is 10.4 Å². The number of likely N-dealkylation sites (N-methyl/N-ethyl adjacent to an activating group) is 1. The molecule has 36 heavy (non-hydrogen) atoms. The lowest BCUT2D eigenvalue weighted by molar-refractivity contribution is -0.264. The van der Waals surface area contributed by atoms with E-state index < -0.39 is 63.3 Å². The minimum absolute atomic E-state index is 0.0541. The molecule has 1 heterocycles. The van der Waals surface area contributed by atoms with Gasteiger partial charge in [-0.05, 0) is 49.2 Å². The number of rotatable bonds is 7. The maximum Gasteiger partial charge on any atom is 0.421 e. The number of Topliss-reactive ketones (excluding diaryl/α,β-unsaturated/α-hetero) is 1. The van der Waals surface area contributed by atoms with E-state index in [2.05, 4.69) is 5.32 Å². The third-order valence-electron chi connectivity index (χ3n) is 5.67. The van der Waals surface area contributed by atoms with E-state index in [0.29, 0.717) is 18.7 Å². The van der Waals surface area contributed by atoms with Gasteiger partial charge in [0.25, 0.3) is 11.8 Å². The number of hydrogen-bond acceptors (Lipinski definition) is 5. The number of ketones is 1. The molecule has 3 rings (SSSR count). The summed E-state index contributed by atoms with van der Waals surface area (Å²) in [6, 6.07) is 3.72. The summed E-state index contributed by atoms with van der Waals surface area (Å²) in [6.07, 6.45) is -6.80. The van der Waals surface area contributed by atoms with E-state index in [1.54, 1.807) is 6.92 Å². The van der Waals surface area contributed by atoms with Gasteiger partial charge in [-0.2, -0.15) is 13.2 Å². The summed E-state index contributed by atoms with van der Waals surface area (Å²) >= 11 is 11.2. The van der Waals surface area contributed by atoms with Gasteiger partial charge >= 0.3 is 6.18 Å². The molecule has 0 aliphatic carbocycles. The Hall–Kier alpha value is -2.73. The van der Waals surface area contributed by atoms with E-state index in [-0.39, 0.29) is 23.3 Å². The van der Waals surface area contributed by atoms with Crippen molar-refractivity contribution in [3.63, 3.8) is 0 Å². The number of nitrogens with one attached hydrogen (secondary N) is 1. The van der Waals surface area contributed by atoms with Crippen LogP contribution in [0.25, 0.3) is 0 Å². The third kappa shape index (κ3) is 5.34. The van der Waals surface area contributed by atoms with E-state index in [1.807, 2.05) is 0 Å². The molecule has 1 saturated heterocycles. The van der Waals surface area contributed by atoms with Crippen LogP contribution in [0.15, 0.2) is 30.3 Å². The smallest absolute Gasteiger partial charge is 0.376 e. The molecule has 2 amide bonds. The fourth-order valence-electron chi connectivity index (χ4n) is 3.65. The second kappa shape index (κ2) is 10.3. The number of benzene rings is 2. The molecule has 1 unspecified atom stereocenters. The van der Waals surface area contributed by atoms with Crippen molar-refractivity contribution in [2.45, 2.75) is 38.1 Å². The standard InChI is InChI=1S/C23H20Cl2F4N2O5/c1-3-31-21(34)17(10-36-31)30-20(33)14-5-4-12(6-11(14)2)18(32)9-22(35,23(27,28)29)13-7-15(24)19(26)16(25)8-13/h4-8,17,35H,3,9-10H2,1-2H3,(H,30,33)/t17-,22?/m1/s1. The number of alkyl halides is 3. The molecule has 2 atom stereocenters. The van der Waals surface area contributed by atoms with Crippen molar-refractivity contribution in [2.24, 2.45) is 0 Å².